The molecule has 1 heterocycles. The Morgan fingerprint density at radius 1 is 1.23 bits per heavy atom. The molecular formula is C16H22Br2N4O4. The fraction of sp³-hybridized carbons (Fsp3) is 0.312. The molecule has 0 saturated carbocycles. The van der Waals surface area contributed by atoms with Gasteiger partial charge in [0, 0.05) is 24.7 Å². The minimum Gasteiger partial charge on any atom is -0.467 e. The number of methoxy groups -OCH3 is 1. The van der Waals surface area contributed by atoms with Crippen molar-refractivity contribution in [3.63, 3.8) is 0 Å². The zero-order chi connectivity index (χ0) is 17.4. The summed E-state index contributed by atoms with van der Waals surface area (Å²) in [4.78, 5) is 35.8. The van der Waals surface area contributed by atoms with Gasteiger partial charge in [-0.2, -0.15) is 0 Å². The SMILES string of the molecule is Br.Br.COC(=O)[C@H](Cc1cnc[nH]1)NC(=O)[C@H](Cc1ccccc1)ON. The highest BCUT2D eigenvalue weighted by molar-refractivity contribution is 8.93. The number of rotatable bonds is 8. The van der Waals surface area contributed by atoms with E-state index in [9.17, 15) is 9.59 Å². The van der Waals surface area contributed by atoms with Crippen LogP contribution < -0.4 is 11.2 Å². The van der Waals surface area contributed by atoms with E-state index in [2.05, 4.69) is 15.3 Å². The third kappa shape index (κ3) is 7.24. The Kier molecular flexibility index (Phi) is 11.7. The lowest BCUT2D eigenvalue weighted by molar-refractivity contribution is -0.147. The standard InChI is InChI=1S/C16H20N4O4.2BrH/c1-23-16(22)13(8-12-9-18-10-19-12)20-15(21)14(24-17)7-11-5-3-2-4-6-11;;/h2-6,9-10,13-14H,7-8,17H2,1H3,(H,18,19)(H,20,21);2*1H/t13-,14-;;/m0../s1. The zero-order valence-corrected chi connectivity index (χ0v) is 17.5. The van der Waals surface area contributed by atoms with Crippen LogP contribution in [0.5, 0.6) is 0 Å². The number of nitrogens with two attached hydrogens (primary N) is 1. The predicted octanol–water partition coefficient (Wildman–Crippen LogP) is 1.27. The molecule has 2 atom stereocenters. The first-order valence-corrected chi connectivity index (χ1v) is 7.39. The molecule has 0 saturated heterocycles. The predicted molar refractivity (Wildman–Crippen MR) is 106 cm³/mol. The molecule has 0 aliphatic heterocycles. The Labute approximate surface area is 172 Å². The van der Waals surface area contributed by atoms with Crippen LogP contribution in [0.15, 0.2) is 42.9 Å². The Morgan fingerprint density at radius 2 is 1.92 bits per heavy atom. The second kappa shape index (κ2) is 12.6. The first-order chi connectivity index (χ1) is 11.6. The van der Waals surface area contributed by atoms with Gasteiger partial charge < -0.3 is 15.0 Å². The molecule has 8 nitrogen and oxygen atoms in total. The van der Waals surface area contributed by atoms with E-state index in [-0.39, 0.29) is 40.4 Å². The van der Waals surface area contributed by atoms with Crippen molar-refractivity contribution in [3.05, 3.63) is 54.1 Å². The molecule has 2 rings (SSSR count). The molecule has 0 radical (unpaired) electrons. The van der Waals surface area contributed by atoms with Crippen LogP contribution in [0.4, 0.5) is 0 Å². The van der Waals surface area contributed by atoms with Gasteiger partial charge in [0.05, 0.1) is 13.4 Å². The van der Waals surface area contributed by atoms with Crippen molar-refractivity contribution in [3.8, 4) is 0 Å². The number of benzene rings is 1. The quantitative estimate of drug-likeness (QED) is 0.376. The smallest absolute Gasteiger partial charge is 0.328 e. The summed E-state index contributed by atoms with van der Waals surface area (Å²) in [5.74, 6) is 4.20. The summed E-state index contributed by atoms with van der Waals surface area (Å²) in [6.07, 6.45) is 2.67. The zero-order valence-electron chi connectivity index (χ0n) is 14.1. The number of carbonyl (C=O) groups is 2. The minimum absolute atomic E-state index is 0. The first kappa shape index (κ1) is 24.2. The van der Waals surface area contributed by atoms with Crippen LogP contribution in [-0.4, -0.2) is 41.1 Å². The third-order valence-corrected chi connectivity index (χ3v) is 3.50. The van der Waals surface area contributed by atoms with Crippen molar-refractivity contribution in [2.45, 2.75) is 25.0 Å². The molecule has 144 valence electrons. The van der Waals surface area contributed by atoms with Crippen molar-refractivity contribution in [1.82, 2.24) is 15.3 Å². The van der Waals surface area contributed by atoms with Gasteiger partial charge in [-0.15, -0.1) is 34.0 Å². The molecule has 0 aliphatic carbocycles. The lowest BCUT2D eigenvalue weighted by Gasteiger charge is -2.20. The number of esters is 1. The van der Waals surface area contributed by atoms with Crippen molar-refractivity contribution in [2.75, 3.05) is 7.11 Å². The van der Waals surface area contributed by atoms with Crippen LogP contribution >= 0.6 is 34.0 Å². The summed E-state index contributed by atoms with van der Waals surface area (Å²) in [6, 6.07) is 8.45. The average Bonchev–Trinajstić information content (AvgIpc) is 3.12. The molecular weight excluding hydrogens is 472 g/mol. The first-order valence-electron chi connectivity index (χ1n) is 7.39. The van der Waals surface area contributed by atoms with Crippen molar-refractivity contribution in [2.24, 2.45) is 5.90 Å². The minimum atomic E-state index is -0.915. The number of H-pyrrole nitrogens is 1. The van der Waals surface area contributed by atoms with E-state index in [4.69, 9.17) is 15.5 Å². The average molecular weight is 494 g/mol. The largest absolute Gasteiger partial charge is 0.467 e. The lowest BCUT2D eigenvalue weighted by Crippen LogP contribution is -2.49. The Hall–Kier alpha value is -1.75. The fourth-order valence-electron chi connectivity index (χ4n) is 2.25. The van der Waals surface area contributed by atoms with Gasteiger partial charge in [-0.25, -0.2) is 15.7 Å². The van der Waals surface area contributed by atoms with E-state index in [0.717, 1.165) is 5.56 Å². The van der Waals surface area contributed by atoms with E-state index < -0.39 is 24.0 Å². The van der Waals surface area contributed by atoms with Crippen LogP contribution in [-0.2, 0) is 32.0 Å². The maximum atomic E-state index is 12.4. The van der Waals surface area contributed by atoms with Crippen LogP contribution in [0.2, 0.25) is 0 Å². The Bertz CT molecular complexity index is 656. The third-order valence-electron chi connectivity index (χ3n) is 3.50. The molecule has 1 amide bonds. The van der Waals surface area contributed by atoms with Crippen LogP contribution in [0.25, 0.3) is 0 Å². The number of ether oxygens (including phenoxy) is 1. The van der Waals surface area contributed by atoms with Gasteiger partial charge in [0.2, 0.25) is 0 Å². The second-order valence-electron chi connectivity index (χ2n) is 5.18. The van der Waals surface area contributed by atoms with Gasteiger partial charge in [0.25, 0.3) is 5.91 Å². The normalized spacial score (nSPS) is 12.1. The van der Waals surface area contributed by atoms with Crippen molar-refractivity contribution in [1.29, 1.82) is 0 Å². The van der Waals surface area contributed by atoms with Crippen molar-refractivity contribution < 1.29 is 19.2 Å². The Balaban J connectivity index is 0.00000312. The fourth-order valence-corrected chi connectivity index (χ4v) is 2.25. The lowest BCUT2D eigenvalue weighted by atomic mass is 10.1. The summed E-state index contributed by atoms with van der Waals surface area (Å²) in [6.45, 7) is 0. The number of imidazole rings is 1. The maximum absolute atomic E-state index is 12.4. The Morgan fingerprint density at radius 3 is 2.46 bits per heavy atom. The molecule has 1 aromatic carbocycles. The van der Waals surface area contributed by atoms with E-state index in [1.807, 2.05) is 30.3 Å². The summed E-state index contributed by atoms with van der Waals surface area (Å²) >= 11 is 0. The second-order valence-corrected chi connectivity index (χ2v) is 5.18. The molecule has 26 heavy (non-hydrogen) atoms. The number of nitrogens with zero attached hydrogens (tertiary/aromatic N) is 1. The summed E-state index contributed by atoms with van der Waals surface area (Å²) < 4.78 is 4.73. The van der Waals surface area contributed by atoms with Gasteiger partial charge in [0.15, 0.2) is 6.10 Å². The van der Waals surface area contributed by atoms with Gasteiger partial charge in [0.1, 0.15) is 6.04 Å². The highest BCUT2D eigenvalue weighted by Crippen LogP contribution is 2.07. The number of hydrogen-bond donors (Lipinski definition) is 3. The van der Waals surface area contributed by atoms with Crippen LogP contribution in [0.3, 0.4) is 0 Å². The number of nitrogens with one attached hydrogen (secondary N) is 2. The van der Waals surface area contributed by atoms with E-state index in [0.29, 0.717) is 12.1 Å². The number of aromatic amines is 1. The number of aromatic nitrogens is 2. The van der Waals surface area contributed by atoms with E-state index in [1.54, 1.807) is 6.20 Å². The molecule has 0 unspecified atom stereocenters. The van der Waals surface area contributed by atoms with E-state index >= 15 is 0 Å². The van der Waals surface area contributed by atoms with Gasteiger partial charge in [-0.3, -0.25) is 9.63 Å². The molecule has 0 bridgehead atoms. The molecule has 0 spiro atoms. The molecule has 0 fully saturated rings. The van der Waals surface area contributed by atoms with Gasteiger partial charge >= 0.3 is 5.97 Å². The van der Waals surface area contributed by atoms with Crippen LogP contribution in [0, 0.1) is 0 Å². The maximum Gasteiger partial charge on any atom is 0.328 e. The number of amides is 1. The number of halogens is 2. The summed E-state index contributed by atoms with van der Waals surface area (Å²) in [7, 11) is 1.26. The monoisotopic (exact) mass is 492 g/mol. The van der Waals surface area contributed by atoms with Crippen molar-refractivity contribution >= 4 is 45.8 Å². The molecule has 10 heteroatoms. The van der Waals surface area contributed by atoms with Crippen LogP contribution in [0.1, 0.15) is 11.3 Å². The number of hydrogen-bond acceptors (Lipinski definition) is 6. The highest BCUT2D eigenvalue weighted by atomic mass is 79.9. The summed E-state index contributed by atoms with van der Waals surface area (Å²) in [5, 5.41) is 2.61. The molecule has 2 aromatic rings. The van der Waals surface area contributed by atoms with E-state index in [1.165, 1.54) is 13.4 Å². The highest BCUT2D eigenvalue weighted by Gasteiger charge is 2.27. The molecule has 1 aromatic heterocycles. The summed E-state index contributed by atoms with van der Waals surface area (Å²) in [5.41, 5.74) is 1.59. The topological polar surface area (TPSA) is 119 Å². The molecule has 4 N–H and O–H groups in total. The van der Waals surface area contributed by atoms with Gasteiger partial charge in [-0.05, 0) is 5.56 Å². The van der Waals surface area contributed by atoms with Gasteiger partial charge in [-0.1, -0.05) is 30.3 Å². The number of carbonyl (C=O) groups excluding carboxylic acids is 2. The molecule has 0 aliphatic rings.